The molecule has 8 atom stereocenters. The molecule has 2 aliphatic heterocycles. The number of nitrogens with one attached hydrogen (secondary N) is 3. The number of nitrogens with zero attached hydrogens (tertiary/aromatic N) is 2. The molecule has 2 saturated heterocycles. The molecular formula is C28H38N6O6. The second-order valence-corrected chi connectivity index (χ2v) is 12.7. The Bertz CT molecular complexity index is 1250. The molecule has 2 bridgehead atoms. The first-order valence-corrected chi connectivity index (χ1v) is 14.0. The van der Waals surface area contributed by atoms with Crippen LogP contribution in [0, 0.1) is 41.9 Å². The summed E-state index contributed by atoms with van der Waals surface area (Å²) in [6.07, 6.45) is 5.86. The zero-order valence-electron chi connectivity index (χ0n) is 23.3. The first-order valence-electron chi connectivity index (χ1n) is 14.0. The normalized spacial score (nSPS) is 30.1. The maximum atomic E-state index is 14.2. The minimum atomic E-state index is -1.04. The predicted molar refractivity (Wildman–Crippen MR) is 142 cm³/mol. The molecule has 1 aromatic heterocycles. The molecule has 5 rings (SSSR count). The molecule has 12 nitrogen and oxygen atoms in total. The van der Waals surface area contributed by atoms with Gasteiger partial charge in [0.25, 0.3) is 5.91 Å². The van der Waals surface area contributed by atoms with Crippen LogP contribution in [-0.4, -0.2) is 70.8 Å². The van der Waals surface area contributed by atoms with Crippen molar-refractivity contribution in [1.82, 2.24) is 26.0 Å². The zero-order chi connectivity index (χ0) is 28.9. The standard InChI is InChI=1S/C28H38N6O6/c1-13-9-19(33-40-13)25(37)32-22(28(2,3)4)27(39)34-12-17-14-5-6-15(10-14)20(17)21(34)26(38)31-18(23(29)35)11-16-7-8-30-24(16)36/h5-6,9,14-18,20-22H,7-8,10-12H2,1-4H3,(H2,29,35)(H,30,36)(H,31,38)(H,32,37)/t14-,15+,16+,17-,18+,20+,21+,22-/m1/s1. The molecule has 5 N–H and O–H groups in total. The molecule has 0 radical (unpaired) electrons. The lowest BCUT2D eigenvalue weighted by Crippen LogP contribution is -2.60. The fourth-order valence-corrected chi connectivity index (χ4v) is 6.93. The van der Waals surface area contributed by atoms with Crippen LogP contribution in [0.2, 0.25) is 0 Å². The molecule has 5 amide bonds. The topological polar surface area (TPSA) is 177 Å². The Morgan fingerprint density at radius 3 is 2.52 bits per heavy atom. The third kappa shape index (κ3) is 5.11. The highest BCUT2D eigenvalue weighted by Crippen LogP contribution is 2.54. The number of amides is 5. The van der Waals surface area contributed by atoms with Crippen molar-refractivity contribution in [2.24, 2.45) is 40.7 Å². The second-order valence-electron chi connectivity index (χ2n) is 12.7. The second kappa shape index (κ2) is 10.4. The highest BCUT2D eigenvalue weighted by atomic mass is 16.5. The smallest absolute Gasteiger partial charge is 0.274 e. The zero-order valence-corrected chi connectivity index (χ0v) is 23.3. The van der Waals surface area contributed by atoms with E-state index >= 15 is 0 Å². The Hall–Kier alpha value is -3.70. The fraction of sp³-hybridized carbons (Fsp3) is 0.643. The average Bonchev–Trinajstić information content (AvgIpc) is 3.69. The number of primary amides is 1. The Morgan fingerprint density at radius 2 is 1.93 bits per heavy atom. The van der Waals surface area contributed by atoms with Crippen molar-refractivity contribution in [3.8, 4) is 0 Å². The number of rotatable bonds is 8. The summed E-state index contributed by atoms with van der Waals surface area (Å²) in [5, 5.41) is 12.1. The van der Waals surface area contributed by atoms with Gasteiger partial charge in [-0.3, -0.25) is 24.0 Å². The number of hydrogen-bond donors (Lipinski definition) is 4. The molecular weight excluding hydrogens is 516 g/mol. The average molecular weight is 555 g/mol. The van der Waals surface area contributed by atoms with E-state index in [4.69, 9.17) is 10.3 Å². The highest BCUT2D eigenvalue weighted by molar-refractivity contribution is 5.98. The van der Waals surface area contributed by atoms with Crippen LogP contribution >= 0.6 is 0 Å². The van der Waals surface area contributed by atoms with Crippen molar-refractivity contribution in [2.75, 3.05) is 13.1 Å². The van der Waals surface area contributed by atoms with Crippen molar-refractivity contribution < 1.29 is 28.5 Å². The summed E-state index contributed by atoms with van der Waals surface area (Å²) >= 11 is 0. The van der Waals surface area contributed by atoms with Crippen LogP contribution in [0.1, 0.15) is 56.3 Å². The monoisotopic (exact) mass is 554 g/mol. The van der Waals surface area contributed by atoms with Gasteiger partial charge in [0, 0.05) is 25.1 Å². The van der Waals surface area contributed by atoms with Gasteiger partial charge in [-0.15, -0.1) is 0 Å². The number of carbonyl (C=O) groups excluding carboxylic acids is 5. The summed E-state index contributed by atoms with van der Waals surface area (Å²) in [6.45, 7) is 8.08. The minimum absolute atomic E-state index is 0.0645. The molecule has 12 heteroatoms. The quantitative estimate of drug-likeness (QED) is 0.333. The van der Waals surface area contributed by atoms with E-state index in [2.05, 4.69) is 33.3 Å². The molecule has 216 valence electrons. The summed E-state index contributed by atoms with van der Waals surface area (Å²) in [7, 11) is 0. The van der Waals surface area contributed by atoms with Crippen LogP contribution in [-0.2, 0) is 19.2 Å². The number of hydrogen-bond acceptors (Lipinski definition) is 7. The van der Waals surface area contributed by atoms with E-state index in [1.165, 1.54) is 6.07 Å². The lowest BCUT2D eigenvalue weighted by molar-refractivity contribution is -0.143. The molecule has 0 aromatic carbocycles. The van der Waals surface area contributed by atoms with Crippen molar-refractivity contribution in [2.45, 2.75) is 65.1 Å². The van der Waals surface area contributed by atoms with Gasteiger partial charge in [0.15, 0.2) is 5.69 Å². The lowest BCUT2D eigenvalue weighted by Gasteiger charge is -2.37. The Morgan fingerprint density at radius 1 is 1.20 bits per heavy atom. The van der Waals surface area contributed by atoms with Gasteiger partial charge in [0.05, 0.1) is 0 Å². The van der Waals surface area contributed by atoms with E-state index < -0.39 is 47.2 Å². The van der Waals surface area contributed by atoms with Gasteiger partial charge < -0.3 is 31.1 Å². The minimum Gasteiger partial charge on any atom is -0.368 e. The number of carbonyl (C=O) groups is 5. The van der Waals surface area contributed by atoms with E-state index in [0.717, 1.165) is 6.42 Å². The number of likely N-dealkylation sites (tertiary alicyclic amines) is 1. The van der Waals surface area contributed by atoms with Crippen molar-refractivity contribution in [1.29, 1.82) is 0 Å². The van der Waals surface area contributed by atoms with Gasteiger partial charge >= 0.3 is 0 Å². The number of aromatic nitrogens is 1. The number of allylic oxidation sites excluding steroid dienone is 2. The highest BCUT2D eigenvalue weighted by Gasteiger charge is 2.59. The molecule has 1 saturated carbocycles. The lowest BCUT2D eigenvalue weighted by atomic mass is 9.81. The Labute approximate surface area is 232 Å². The van der Waals surface area contributed by atoms with Gasteiger partial charge in [-0.25, -0.2) is 0 Å². The van der Waals surface area contributed by atoms with Gasteiger partial charge in [-0.2, -0.15) is 0 Å². The van der Waals surface area contributed by atoms with Crippen LogP contribution in [0.5, 0.6) is 0 Å². The van der Waals surface area contributed by atoms with Gasteiger partial charge in [-0.1, -0.05) is 38.1 Å². The van der Waals surface area contributed by atoms with E-state index in [1.54, 1.807) is 11.8 Å². The summed E-state index contributed by atoms with van der Waals surface area (Å²) in [5.74, 6) is -1.85. The van der Waals surface area contributed by atoms with Crippen LogP contribution in [0.25, 0.3) is 0 Å². The van der Waals surface area contributed by atoms with Crippen molar-refractivity contribution in [3.63, 3.8) is 0 Å². The van der Waals surface area contributed by atoms with E-state index in [1.807, 2.05) is 20.8 Å². The van der Waals surface area contributed by atoms with E-state index in [0.29, 0.717) is 25.3 Å². The van der Waals surface area contributed by atoms with Crippen LogP contribution < -0.4 is 21.7 Å². The molecule has 3 heterocycles. The first-order chi connectivity index (χ1) is 18.8. The summed E-state index contributed by atoms with van der Waals surface area (Å²) in [4.78, 5) is 67.2. The number of fused-ring (bicyclic) bond motifs is 5. The first kappa shape index (κ1) is 27.9. The van der Waals surface area contributed by atoms with Gasteiger partial charge in [0.1, 0.15) is 23.9 Å². The van der Waals surface area contributed by atoms with Crippen molar-refractivity contribution in [3.05, 3.63) is 29.7 Å². The molecule has 2 aliphatic carbocycles. The van der Waals surface area contributed by atoms with Crippen LogP contribution in [0.3, 0.4) is 0 Å². The van der Waals surface area contributed by atoms with E-state index in [9.17, 15) is 24.0 Å². The fourth-order valence-electron chi connectivity index (χ4n) is 6.93. The predicted octanol–water partition coefficient (Wildman–Crippen LogP) is 0.273. The maximum absolute atomic E-state index is 14.2. The van der Waals surface area contributed by atoms with Gasteiger partial charge in [0.2, 0.25) is 23.6 Å². The number of nitrogens with two attached hydrogens (primary N) is 1. The van der Waals surface area contributed by atoms with Crippen LogP contribution in [0.4, 0.5) is 0 Å². The Kier molecular flexibility index (Phi) is 7.22. The maximum Gasteiger partial charge on any atom is 0.274 e. The molecule has 0 spiro atoms. The summed E-state index contributed by atoms with van der Waals surface area (Å²) < 4.78 is 5.02. The molecule has 1 aromatic rings. The summed E-state index contributed by atoms with van der Waals surface area (Å²) in [6, 6.07) is -1.34. The van der Waals surface area contributed by atoms with Gasteiger partial charge in [-0.05, 0) is 55.3 Å². The molecule has 3 fully saturated rings. The molecule has 4 aliphatic rings. The Balaban J connectivity index is 1.40. The molecule has 0 unspecified atom stereocenters. The third-order valence-electron chi connectivity index (χ3n) is 8.94. The van der Waals surface area contributed by atoms with Crippen molar-refractivity contribution >= 4 is 29.5 Å². The van der Waals surface area contributed by atoms with Crippen LogP contribution in [0.15, 0.2) is 22.7 Å². The molecule has 40 heavy (non-hydrogen) atoms. The largest absolute Gasteiger partial charge is 0.368 e. The number of aryl methyl sites for hydroxylation is 1. The SMILES string of the molecule is Cc1cc(C(=O)N[C@H](C(=O)N2C[C@H]3[C@@H]([C@H]2C(=O)N[C@@H](C[C@@H]2CCNC2=O)C(N)=O)[C@H]2C=C[C@@H]3C2)C(C)(C)C)no1. The summed E-state index contributed by atoms with van der Waals surface area (Å²) in [5.41, 5.74) is 5.03. The third-order valence-corrected chi connectivity index (χ3v) is 8.94. The van der Waals surface area contributed by atoms with E-state index in [-0.39, 0.29) is 47.6 Å².